The van der Waals surface area contributed by atoms with E-state index in [1.165, 1.54) is 0 Å². The van der Waals surface area contributed by atoms with E-state index in [0.29, 0.717) is 52.1 Å². The first-order valence-electron chi connectivity index (χ1n) is 8.56. The third-order valence-corrected chi connectivity index (χ3v) is 3.62. The van der Waals surface area contributed by atoms with Gasteiger partial charge in [-0.2, -0.15) is 0 Å². The number of ether oxygens (including phenoxy) is 2. The number of nitrogens with one attached hydrogen (secondary N) is 2. The predicted octanol–water partition coefficient (Wildman–Crippen LogP) is 0.655. The zero-order chi connectivity index (χ0) is 17.9. The van der Waals surface area contributed by atoms with Crippen LogP contribution in [0.15, 0.2) is 0 Å². The molecule has 1 saturated heterocycles. The van der Waals surface area contributed by atoms with Crippen LogP contribution in [0.25, 0.3) is 0 Å². The van der Waals surface area contributed by atoms with Gasteiger partial charge in [-0.05, 0) is 40.0 Å². The van der Waals surface area contributed by atoms with Crippen molar-refractivity contribution in [2.24, 2.45) is 0 Å². The molecule has 8 nitrogen and oxygen atoms in total. The summed E-state index contributed by atoms with van der Waals surface area (Å²) in [5.41, 5.74) is 0. The molecular formula is C16H29N3O5. The highest BCUT2D eigenvalue weighted by atomic mass is 16.6. The summed E-state index contributed by atoms with van der Waals surface area (Å²) >= 11 is 0. The summed E-state index contributed by atoms with van der Waals surface area (Å²) in [5.74, 6) is -1.26. The zero-order valence-electron chi connectivity index (χ0n) is 14.8. The highest BCUT2D eigenvalue weighted by molar-refractivity contribution is 6.35. The van der Waals surface area contributed by atoms with Crippen LogP contribution < -0.4 is 10.6 Å². The average Bonchev–Trinajstić information content (AvgIpc) is 2.54. The number of hydrogen-bond donors (Lipinski definition) is 2. The summed E-state index contributed by atoms with van der Waals surface area (Å²) in [6.07, 6.45) is 1.71. The van der Waals surface area contributed by atoms with Gasteiger partial charge in [-0.15, -0.1) is 0 Å². The lowest BCUT2D eigenvalue weighted by Crippen LogP contribution is -2.50. The lowest BCUT2D eigenvalue weighted by molar-refractivity contribution is -0.139. The van der Waals surface area contributed by atoms with Crippen molar-refractivity contribution in [1.29, 1.82) is 0 Å². The van der Waals surface area contributed by atoms with Crippen molar-refractivity contribution >= 4 is 17.9 Å². The fourth-order valence-corrected chi connectivity index (χ4v) is 2.35. The number of hydrogen-bond acceptors (Lipinski definition) is 5. The van der Waals surface area contributed by atoms with Gasteiger partial charge in [-0.3, -0.25) is 9.59 Å². The van der Waals surface area contributed by atoms with Crippen LogP contribution in [0.1, 0.15) is 40.0 Å². The minimum absolute atomic E-state index is 0.0989. The van der Waals surface area contributed by atoms with Crippen molar-refractivity contribution in [2.45, 2.75) is 52.2 Å². The van der Waals surface area contributed by atoms with Gasteiger partial charge in [0.1, 0.15) is 0 Å². The Morgan fingerprint density at radius 3 is 2.42 bits per heavy atom. The molecule has 3 amide bonds. The summed E-state index contributed by atoms with van der Waals surface area (Å²) < 4.78 is 10.3. The fraction of sp³-hybridized carbons (Fsp3) is 0.812. The average molecular weight is 343 g/mol. The molecule has 0 bridgehead atoms. The Labute approximate surface area is 143 Å². The van der Waals surface area contributed by atoms with Gasteiger partial charge in [0.2, 0.25) is 0 Å². The fourth-order valence-electron chi connectivity index (χ4n) is 2.35. The van der Waals surface area contributed by atoms with Crippen molar-refractivity contribution in [1.82, 2.24) is 15.5 Å². The van der Waals surface area contributed by atoms with Crippen LogP contribution >= 0.6 is 0 Å². The van der Waals surface area contributed by atoms with Crippen LogP contribution in [0.2, 0.25) is 0 Å². The molecule has 2 N–H and O–H groups in total. The second kappa shape index (κ2) is 10.9. The maximum absolute atomic E-state index is 11.8. The molecule has 0 aromatic heterocycles. The summed E-state index contributed by atoms with van der Waals surface area (Å²) in [7, 11) is 0. The van der Waals surface area contributed by atoms with Crippen molar-refractivity contribution < 1.29 is 23.9 Å². The van der Waals surface area contributed by atoms with E-state index in [0.717, 1.165) is 0 Å². The number of carbonyl (C=O) groups excluding carboxylic acids is 3. The monoisotopic (exact) mass is 343 g/mol. The SMILES string of the molecule is CCOC(=O)N1CCC(NC(=O)C(=O)NCCCOC(C)C)CC1. The molecule has 0 unspecified atom stereocenters. The Morgan fingerprint density at radius 2 is 1.83 bits per heavy atom. The van der Waals surface area contributed by atoms with Crippen LogP contribution in [-0.4, -0.2) is 67.8 Å². The molecule has 24 heavy (non-hydrogen) atoms. The Kier molecular flexibility index (Phi) is 9.14. The van der Waals surface area contributed by atoms with Crippen LogP contribution in [-0.2, 0) is 19.1 Å². The summed E-state index contributed by atoms with van der Waals surface area (Å²) in [6, 6.07) is -0.0989. The second-order valence-corrected chi connectivity index (χ2v) is 5.96. The van der Waals surface area contributed by atoms with Gasteiger partial charge in [0.15, 0.2) is 0 Å². The number of rotatable bonds is 7. The van der Waals surface area contributed by atoms with E-state index in [4.69, 9.17) is 9.47 Å². The first-order valence-corrected chi connectivity index (χ1v) is 8.56. The van der Waals surface area contributed by atoms with Crippen molar-refractivity contribution in [3.8, 4) is 0 Å². The summed E-state index contributed by atoms with van der Waals surface area (Å²) in [5, 5.41) is 5.28. The maximum atomic E-state index is 11.8. The molecule has 1 aliphatic heterocycles. The molecule has 0 atom stereocenters. The molecule has 138 valence electrons. The number of likely N-dealkylation sites (tertiary alicyclic amines) is 1. The third kappa shape index (κ3) is 7.63. The van der Waals surface area contributed by atoms with E-state index in [-0.39, 0.29) is 18.2 Å². The molecule has 1 rings (SSSR count). The van der Waals surface area contributed by atoms with E-state index < -0.39 is 11.8 Å². The normalized spacial score (nSPS) is 15.2. The molecule has 1 heterocycles. The molecule has 1 aliphatic rings. The Bertz CT molecular complexity index is 420. The van der Waals surface area contributed by atoms with E-state index >= 15 is 0 Å². The number of nitrogens with zero attached hydrogens (tertiary/aromatic N) is 1. The standard InChI is InChI=1S/C16H29N3O5/c1-4-23-16(22)19-9-6-13(7-10-19)18-15(21)14(20)17-8-5-11-24-12(2)3/h12-13H,4-11H2,1-3H3,(H,17,20)(H,18,21). The maximum Gasteiger partial charge on any atom is 0.409 e. The number of piperidine rings is 1. The van der Waals surface area contributed by atoms with E-state index in [9.17, 15) is 14.4 Å². The first kappa shape index (κ1) is 20.2. The molecule has 1 fully saturated rings. The predicted molar refractivity (Wildman–Crippen MR) is 88.5 cm³/mol. The second-order valence-electron chi connectivity index (χ2n) is 5.96. The zero-order valence-corrected chi connectivity index (χ0v) is 14.8. The van der Waals surface area contributed by atoms with Gasteiger partial charge in [0.05, 0.1) is 12.7 Å². The molecule has 0 aromatic rings. The summed E-state index contributed by atoms with van der Waals surface area (Å²) in [4.78, 5) is 36.8. The Balaban J connectivity index is 2.19. The van der Waals surface area contributed by atoms with Gasteiger partial charge in [-0.1, -0.05) is 0 Å². The minimum Gasteiger partial charge on any atom is -0.450 e. The van der Waals surface area contributed by atoms with Crippen LogP contribution in [0.5, 0.6) is 0 Å². The van der Waals surface area contributed by atoms with Crippen LogP contribution in [0.4, 0.5) is 4.79 Å². The van der Waals surface area contributed by atoms with E-state index in [1.54, 1.807) is 11.8 Å². The van der Waals surface area contributed by atoms with Crippen LogP contribution in [0.3, 0.4) is 0 Å². The van der Waals surface area contributed by atoms with Gasteiger partial charge >= 0.3 is 17.9 Å². The smallest absolute Gasteiger partial charge is 0.409 e. The van der Waals surface area contributed by atoms with Crippen molar-refractivity contribution in [3.63, 3.8) is 0 Å². The molecule has 0 aromatic carbocycles. The summed E-state index contributed by atoms with van der Waals surface area (Å²) in [6.45, 7) is 7.97. The largest absolute Gasteiger partial charge is 0.450 e. The van der Waals surface area contributed by atoms with Gasteiger partial charge in [0.25, 0.3) is 0 Å². The molecule has 8 heteroatoms. The first-order chi connectivity index (χ1) is 11.4. The molecule has 0 spiro atoms. The Hall–Kier alpha value is -1.83. The Morgan fingerprint density at radius 1 is 1.17 bits per heavy atom. The molecular weight excluding hydrogens is 314 g/mol. The van der Waals surface area contributed by atoms with Crippen molar-refractivity contribution in [2.75, 3.05) is 32.8 Å². The lowest BCUT2D eigenvalue weighted by Gasteiger charge is -2.31. The van der Waals surface area contributed by atoms with Gasteiger partial charge in [0, 0.05) is 32.3 Å². The number of amides is 3. The molecule has 0 saturated carbocycles. The molecule has 0 aliphatic carbocycles. The quantitative estimate of drug-likeness (QED) is 0.523. The third-order valence-electron chi connectivity index (χ3n) is 3.62. The van der Waals surface area contributed by atoms with Crippen LogP contribution in [0, 0.1) is 0 Å². The van der Waals surface area contributed by atoms with Crippen molar-refractivity contribution in [3.05, 3.63) is 0 Å². The molecule has 0 radical (unpaired) electrons. The number of carbonyl (C=O) groups is 3. The van der Waals surface area contributed by atoms with E-state index in [2.05, 4.69) is 10.6 Å². The van der Waals surface area contributed by atoms with Gasteiger partial charge in [-0.25, -0.2) is 4.79 Å². The highest BCUT2D eigenvalue weighted by Crippen LogP contribution is 2.11. The van der Waals surface area contributed by atoms with E-state index in [1.807, 2.05) is 13.8 Å². The topological polar surface area (TPSA) is 97.0 Å². The minimum atomic E-state index is -0.632. The van der Waals surface area contributed by atoms with Gasteiger partial charge < -0.3 is 25.0 Å². The lowest BCUT2D eigenvalue weighted by atomic mass is 10.1. The highest BCUT2D eigenvalue weighted by Gasteiger charge is 2.26.